The second-order valence-electron chi connectivity index (χ2n) is 7.29. The Bertz CT molecular complexity index is 1090. The number of halogens is 1. The fourth-order valence-electron chi connectivity index (χ4n) is 4.04. The number of benzene rings is 1. The van der Waals surface area contributed by atoms with Crippen molar-refractivity contribution in [3.8, 4) is 5.88 Å². The fraction of sp³-hybridized carbons (Fsp3) is 0.421. The molecule has 0 amide bonds. The summed E-state index contributed by atoms with van der Waals surface area (Å²) in [5.74, 6) is -0.679. The van der Waals surface area contributed by atoms with E-state index >= 15 is 0 Å². The maximum Gasteiger partial charge on any atom is 0.255 e. The van der Waals surface area contributed by atoms with Crippen LogP contribution >= 0.6 is 0 Å². The molecule has 2 aliphatic heterocycles. The van der Waals surface area contributed by atoms with E-state index in [2.05, 4.69) is 15.0 Å². The topological polar surface area (TPSA) is 114 Å². The Balaban J connectivity index is 1.88. The van der Waals surface area contributed by atoms with Crippen molar-refractivity contribution >= 4 is 21.9 Å². The highest BCUT2D eigenvalue weighted by molar-refractivity contribution is 7.90. The van der Waals surface area contributed by atoms with Gasteiger partial charge in [0, 0.05) is 13.6 Å². The van der Waals surface area contributed by atoms with Gasteiger partial charge in [0.15, 0.2) is 0 Å². The number of aliphatic imine (C=N–C) groups is 1. The molecule has 2 aromatic rings. The zero-order valence-electron chi connectivity index (χ0n) is 16.9. The van der Waals surface area contributed by atoms with Crippen LogP contribution in [0.1, 0.15) is 18.2 Å². The zero-order valence-corrected chi connectivity index (χ0v) is 17.7. The molecule has 0 spiro atoms. The van der Waals surface area contributed by atoms with Crippen molar-refractivity contribution in [2.75, 3.05) is 32.1 Å². The number of fused-ring (bicyclic) bond motifs is 1. The highest BCUT2D eigenvalue weighted by atomic mass is 32.2. The van der Waals surface area contributed by atoms with Crippen molar-refractivity contribution in [3.63, 3.8) is 0 Å². The monoisotopic (exact) mass is 434 g/mol. The molecule has 1 fully saturated rings. The van der Waals surface area contributed by atoms with E-state index in [1.807, 2.05) is 30.3 Å². The molecule has 0 bridgehead atoms. The van der Waals surface area contributed by atoms with Crippen molar-refractivity contribution in [1.29, 1.82) is 0 Å². The first-order chi connectivity index (χ1) is 14.2. The molecule has 2 aliphatic rings. The summed E-state index contributed by atoms with van der Waals surface area (Å²) in [4.78, 5) is 14.8. The average molecular weight is 434 g/mol. The quantitative estimate of drug-likeness (QED) is 0.759. The van der Waals surface area contributed by atoms with Crippen LogP contribution in [0, 0.1) is 5.82 Å². The number of aromatic nitrogens is 2. The van der Waals surface area contributed by atoms with Crippen LogP contribution in [-0.2, 0) is 22.0 Å². The van der Waals surface area contributed by atoms with Crippen LogP contribution < -0.4 is 15.4 Å². The number of rotatable bonds is 4. The first-order valence-electron chi connectivity index (χ1n) is 9.48. The molecular formula is C19H23FN6O3S. The lowest BCUT2D eigenvalue weighted by Crippen LogP contribution is -2.56. The standard InChI is InChI=1S/C19H23FN6O3S/c1-4-13-15(20)16(29-3)23-18(22-13)26-10-14-19(11-26,12-8-6-5-7-9-12)24-17(21)25(2)30(14,27)28/h5-9,14H,4,10-11H2,1-3H3,(H2,21,24)/t14?,19-/m1/s1. The van der Waals surface area contributed by atoms with Gasteiger partial charge >= 0.3 is 0 Å². The average Bonchev–Trinajstić information content (AvgIpc) is 3.15. The number of anilines is 1. The van der Waals surface area contributed by atoms with Crippen LogP contribution in [0.3, 0.4) is 0 Å². The van der Waals surface area contributed by atoms with Crippen LogP contribution in [0.2, 0.25) is 0 Å². The Morgan fingerprint density at radius 3 is 2.63 bits per heavy atom. The molecule has 9 nitrogen and oxygen atoms in total. The van der Waals surface area contributed by atoms with E-state index in [0.29, 0.717) is 6.42 Å². The highest BCUT2D eigenvalue weighted by Crippen LogP contribution is 2.44. The minimum atomic E-state index is -3.80. The summed E-state index contributed by atoms with van der Waals surface area (Å²) >= 11 is 0. The van der Waals surface area contributed by atoms with Crippen LogP contribution in [-0.4, -0.2) is 61.1 Å². The molecular weight excluding hydrogens is 411 g/mol. The van der Waals surface area contributed by atoms with E-state index in [0.717, 1.165) is 9.87 Å². The smallest absolute Gasteiger partial charge is 0.255 e. The number of ether oxygens (including phenoxy) is 1. The van der Waals surface area contributed by atoms with E-state index in [9.17, 15) is 12.8 Å². The molecule has 0 radical (unpaired) electrons. The maximum atomic E-state index is 14.4. The summed E-state index contributed by atoms with van der Waals surface area (Å²) in [6.07, 6.45) is 0.338. The molecule has 1 saturated heterocycles. The normalized spacial score (nSPS) is 25.1. The Morgan fingerprint density at radius 1 is 1.30 bits per heavy atom. The lowest BCUT2D eigenvalue weighted by atomic mass is 9.89. The molecule has 2 atom stereocenters. The third-order valence-electron chi connectivity index (χ3n) is 5.69. The molecule has 160 valence electrons. The van der Waals surface area contributed by atoms with Gasteiger partial charge < -0.3 is 15.4 Å². The van der Waals surface area contributed by atoms with Gasteiger partial charge in [-0.1, -0.05) is 37.3 Å². The summed E-state index contributed by atoms with van der Waals surface area (Å²) in [6, 6.07) is 9.16. The second kappa shape index (κ2) is 7.08. The number of nitrogens with zero attached hydrogens (tertiary/aromatic N) is 5. The minimum absolute atomic E-state index is 0.0797. The summed E-state index contributed by atoms with van der Waals surface area (Å²) in [6.45, 7) is 2.03. The van der Waals surface area contributed by atoms with Crippen LogP contribution in [0.25, 0.3) is 0 Å². The molecule has 0 saturated carbocycles. The predicted molar refractivity (Wildman–Crippen MR) is 110 cm³/mol. The van der Waals surface area contributed by atoms with Gasteiger partial charge in [0.2, 0.25) is 27.7 Å². The van der Waals surface area contributed by atoms with Gasteiger partial charge in [0.1, 0.15) is 10.8 Å². The van der Waals surface area contributed by atoms with E-state index in [1.165, 1.54) is 14.2 Å². The Hall–Kier alpha value is -2.95. The maximum absolute atomic E-state index is 14.4. The largest absolute Gasteiger partial charge is 0.479 e. The number of sulfonamides is 1. The Labute approximate surface area is 174 Å². The number of guanidine groups is 1. The van der Waals surface area contributed by atoms with Crippen molar-refractivity contribution in [2.24, 2.45) is 10.7 Å². The number of methoxy groups -OCH3 is 1. The number of nitrogens with two attached hydrogens (primary N) is 1. The van der Waals surface area contributed by atoms with E-state index in [1.54, 1.807) is 11.8 Å². The van der Waals surface area contributed by atoms with E-state index in [-0.39, 0.29) is 36.6 Å². The lowest BCUT2D eigenvalue weighted by Gasteiger charge is -2.38. The summed E-state index contributed by atoms with van der Waals surface area (Å²) in [5, 5.41) is -0.908. The Kier molecular flexibility index (Phi) is 4.80. The number of hydrogen-bond acceptors (Lipinski definition) is 8. The lowest BCUT2D eigenvalue weighted by molar-refractivity contribution is 0.364. The van der Waals surface area contributed by atoms with Crippen LogP contribution in [0.15, 0.2) is 35.3 Å². The summed E-state index contributed by atoms with van der Waals surface area (Å²) in [7, 11) is -1.09. The molecule has 4 rings (SSSR count). The van der Waals surface area contributed by atoms with Gasteiger partial charge in [-0.2, -0.15) is 9.37 Å². The van der Waals surface area contributed by atoms with Crippen LogP contribution in [0.4, 0.5) is 10.3 Å². The van der Waals surface area contributed by atoms with E-state index < -0.39 is 26.6 Å². The molecule has 11 heteroatoms. The highest BCUT2D eigenvalue weighted by Gasteiger charge is 2.59. The van der Waals surface area contributed by atoms with Crippen LogP contribution in [0.5, 0.6) is 5.88 Å². The first-order valence-corrected chi connectivity index (χ1v) is 11.0. The van der Waals surface area contributed by atoms with Gasteiger partial charge in [0.25, 0.3) is 5.88 Å². The van der Waals surface area contributed by atoms with Crippen molar-refractivity contribution < 1.29 is 17.5 Å². The third-order valence-corrected chi connectivity index (χ3v) is 7.90. The fourth-order valence-corrected chi connectivity index (χ4v) is 5.85. The molecule has 1 aromatic carbocycles. The van der Waals surface area contributed by atoms with Crippen molar-refractivity contribution in [2.45, 2.75) is 24.1 Å². The SMILES string of the molecule is CCc1nc(N2CC3[C@](c4ccccc4)(C2)N=C(N)N(C)S3(=O)=O)nc(OC)c1F. The summed E-state index contributed by atoms with van der Waals surface area (Å²) in [5.41, 5.74) is 5.80. The molecule has 0 aliphatic carbocycles. The number of hydrogen-bond donors (Lipinski definition) is 1. The zero-order chi connectivity index (χ0) is 21.7. The van der Waals surface area contributed by atoms with Crippen molar-refractivity contribution in [3.05, 3.63) is 47.4 Å². The molecule has 1 unspecified atom stereocenters. The van der Waals surface area contributed by atoms with E-state index in [4.69, 9.17) is 10.5 Å². The van der Waals surface area contributed by atoms with Gasteiger partial charge in [-0.05, 0) is 12.0 Å². The van der Waals surface area contributed by atoms with Gasteiger partial charge in [-0.15, -0.1) is 0 Å². The van der Waals surface area contributed by atoms with Gasteiger partial charge in [-0.3, -0.25) is 0 Å². The first kappa shape index (κ1) is 20.3. The molecule has 2 N–H and O–H groups in total. The molecule has 30 heavy (non-hydrogen) atoms. The molecule has 1 aromatic heterocycles. The molecule has 3 heterocycles. The van der Waals surface area contributed by atoms with Gasteiger partial charge in [-0.25, -0.2) is 22.7 Å². The van der Waals surface area contributed by atoms with Gasteiger partial charge in [0.05, 0.1) is 19.3 Å². The Morgan fingerprint density at radius 2 is 2.00 bits per heavy atom. The van der Waals surface area contributed by atoms with Crippen molar-refractivity contribution in [1.82, 2.24) is 14.3 Å². The minimum Gasteiger partial charge on any atom is -0.479 e. The second-order valence-corrected chi connectivity index (χ2v) is 9.44. The number of aryl methyl sites for hydroxylation is 1. The predicted octanol–water partition coefficient (Wildman–Crippen LogP) is 0.861. The third kappa shape index (κ3) is 2.87. The summed E-state index contributed by atoms with van der Waals surface area (Å²) < 4.78 is 47.0.